The van der Waals surface area contributed by atoms with Gasteiger partial charge in [-0.25, -0.2) is 4.39 Å². The first-order valence-electron chi connectivity index (χ1n) is 9.91. The summed E-state index contributed by atoms with van der Waals surface area (Å²) in [4.78, 5) is 16.4. The summed E-state index contributed by atoms with van der Waals surface area (Å²) in [5, 5.41) is 0.743. The van der Waals surface area contributed by atoms with Gasteiger partial charge in [0.1, 0.15) is 11.9 Å². The van der Waals surface area contributed by atoms with E-state index in [1.54, 1.807) is 11.8 Å². The molecule has 0 N–H and O–H groups in total. The summed E-state index contributed by atoms with van der Waals surface area (Å²) in [6, 6.07) is 8.07. The van der Waals surface area contributed by atoms with Crippen molar-refractivity contribution in [3.05, 3.63) is 64.7 Å². The number of benzene rings is 1. The monoisotopic (exact) mass is 396 g/mol. The second kappa shape index (κ2) is 8.00. The molecule has 2 aliphatic rings. The molecule has 1 aliphatic carbocycles. The Kier molecular flexibility index (Phi) is 5.44. The summed E-state index contributed by atoms with van der Waals surface area (Å²) in [7, 11) is 0. The number of carbonyl (C=O) groups is 1. The Hall–Kier alpha value is -2.27. The molecule has 1 atom stereocenters. The molecule has 3 nitrogen and oxygen atoms in total. The first-order chi connectivity index (χ1) is 13.7. The largest absolute Gasteiger partial charge is 0.342 e. The summed E-state index contributed by atoms with van der Waals surface area (Å²) in [6.07, 6.45) is 9.36. The zero-order valence-electron chi connectivity index (χ0n) is 16.3. The van der Waals surface area contributed by atoms with E-state index in [2.05, 4.69) is 34.9 Å². The quantitative estimate of drug-likeness (QED) is 0.667. The van der Waals surface area contributed by atoms with Gasteiger partial charge in [0.2, 0.25) is 5.91 Å². The highest BCUT2D eigenvalue weighted by Gasteiger charge is 2.37. The molecular formula is C23H25FN2OS. The molecule has 2 aromatic rings. The van der Waals surface area contributed by atoms with Crippen LogP contribution in [0.25, 0.3) is 16.5 Å². The molecular weight excluding hydrogens is 371 g/mol. The maximum Gasteiger partial charge on any atom is 0.240 e. The third-order valence-corrected chi connectivity index (χ3v) is 6.75. The van der Waals surface area contributed by atoms with Crippen molar-refractivity contribution in [2.45, 2.75) is 32.1 Å². The number of carbonyl (C=O) groups excluding carboxylic acids is 1. The molecule has 146 valence electrons. The van der Waals surface area contributed by atoms with Crippen LogP contribution in [-0.2, 0) is 11.3 Å². The molecule has 1 amide bonds. The molecule has 0 saturated heterocycles. The smallest absolute Gasteiger partial charge is 0.240 e. The van der Waals surface area contributed by atoms with Crippen LogP contribution >= 0.6 is 11.8 Å². The SMILES string of the molecule is CCN(CC)C(=O)C1SC2=C(C=CCC=C2)c2c1c1ccccc1n2CCF. The molecule has 28 heavy (non-hydrogen) atoms. The summed E-state index contributed by atoms with van der Waals surface area (Å²) in [5.74, 6) is 0.132. The van der Waals surface area contributed by atoms with Gasteiger partial charge in [0.25, 0.3) is 0 Å². The van der Waals surface area contributed by atoms with Crippen LogP contribution in [0, 0.1) is 0 Å². The molecule has 0 radical (unpaired) electrons. The molecule has 0 fully saturated rings. The molecule has 2 heterocycles. The fourth-order valence-electron chi connectivity index (χ4n) is 4.17. The number of fused-ring (bicyclic) bond motifs is 4. The molecule has 1 aliphatic heterocycles. The van der Waals surface area contributed by atoms with E-state index in [0.29, 0.717) is 19.6 Å². The third-order valence-electron chi connectivity index (χ3n) is 5.47. The maximum atomic E-state index is 13.5. The fraction of sp³-hybridized carbons (Fsp3) is 0.348. The lowest BCUT2D eigenvalue weighted by Crippen LogP contribution is -2.34. The number of rotatable bonds is 5. The normalized spacial score (nSPS) is 18.2. The Morgan fingerprint density at radius 2 is 1.96 bits per heavy atom. The summed E-state index contributed by atoms with van der Waals surface area (Å²) < 4.78 is 15.6. The Bertz CT molecular complexity index is 997. The van der Waals surface area contributed by atoms with Crippen molar-refractivity contribution in [1.29, 1.82) is 0 Å². The van der Waals surface area contributed by atoms with Crippen LogP contribution in [0.3, 0.4) is 0 Å². The first kappa shape index (κ1) is 19.1. The number of aryl methyl sites for hydroxylation is 1. The number of amides is 1. The minimum Gasteiger partial charge on any atom is -0.342 e. The van der Waals surface area contributed by atoms with Crippen LogP contribution in [0.15, 0.2) is 53.5 Å². The zero-order valence-corrected chi connectivity index (χ0v) is 17.1. The lowest BCUT2D eigenvalue weighted by Gasteiger charge is -2.30. The number of halogens is 1. The van der Waals surface area contributed by atoms with Crippen LogP contribution < -0.4 is 0 Å². The van der Waals surface area contributed by atoms with Crippen LogP contribution in [0.2, 0.25) is 0 Å². The lowest BCUT2D eigenvalue weighted by molar-refractivity contribution is -0.130. The summed E-state index contributed by atoms with van der Waals surface area (Å²) in [5.41, 5.74) is 4.13. The second-order valence-electron chi connectivity index (χ2n) is 6.95. The maximum absolute atomic E-state index is 13.5. The topological polar surface area (TPSA) is 25.2 Å². The van der Waals surface area contributed by atoms with Crippen molar-refractivity contribution in [2.24, 2.45) is 0 Å². The van der Waals surface area contributed by atoms with Crippen molar-refractivity contribution in [1.82, 2.24) is 9.47 Å². The van der Waals surface area contributed by atoms with Crippen LogP contribution in [-0.4, -0.2) is 35.1 Å². The van der Waals surface area contributed by atoms with Gasteiger partial charge in [0.05, 0.1) is 12.2 Å². The van der Waals surface area contributed by atoms with E-state index in [4.69, 9.17) is 0 Å². The standard InChI is InChI=1S/C23H25FN2OS/c1-3-25(4-2)23(27)22-20-16-10-8-9-12-18(16)26(15-14-24)21(20)17-11-6-5-7-13-19(17)28-22/h6-13,22H,3-5,14-15H2,1-2H3. The highest BCUT2D eigenvalue weighted by atomic mass is 32.2. The van der Waals surface area contributed by atoms with Gasteiger partial charge >= 0.3 is 0 Å². The number of hydrogen-bond acceptors (Lipinski definition) is 2. The van der Waals surface area contributed by atoms with E-state index in [0.717, 1.165) is 39.1 Å². The van der Waals surface area contributed by atoms with Gasteiger partial charge in [0.15, 0.2) is 0 Å². The summed E-state index contributed by atoms with van der Waals surface area (Å²) in [6.45, 7) is 5.26. The Morgan fingerprint density at radius 3 is 2.71 bits per heavy atom. The van der Waals surface area contributed by atoms with Gasteiger partial charge in [-0.3, -0.25) is 4.79 Å². The van der Waals surface area contributed by atoms with Crippen molar-refractivity contribution in [3.8, 4) is 0 Å². The van der Waals surface area contributed by atoms with Crippen molar-refractivity contribution >= 4 is 34.1 Å². The first-order valence-corrected chi connectivity index (χ1v) is 10.8. The number of thioether (sulfide) groups is 1. The Morgan fingerprint density at radius 1 is 1.21 bits per heavy atom. The number of alkyl halides is 1. The number of aromatic nitrogens is 1. The minimum atomic E-state index is -0.435. The predicted molar refractivity (Wildman–Crippen MR) is 116 cm³/mol. The number of likely N-dealkylation sites (N-methyl/N-ethyl adjacent to an activating group) is 1. The van der Waals surface area contributed by atoms with Gasteiger partial charge < -0.3 is 9.47 Å². The average molecular weight is 397 g/mol. The van der Waals surface area contributed by atoms with E-state index < -0.39 is 6.67 Å². The van der Waals surface area contributed by atoms with E-state index in [1.807, 2.05) is 36.9 Å². The van der Waals surface area contributed by atoms with E-state index >= 15 is 0 Å². The van der Waals surface area contributed by atoms with Crippen molar-refractivity contribution in [3.63, 3.8) is 0 Å². The molecule has 0 spiro atoms. The molecule has 4 rings (SSSR count). The van der Waals surface area contributed by atoms with E-state index in [-0.39, 0.29) is 11.2 Å². The highest BCUT2D eigenvalue weighted by Crippen LogP contribution is 2.52. The van der Waals surface area contributed by atoms with Crippen LogP contribution in [0.5, 0.6) is 0 Å². The van der Waals surface area contributed by atoms with Gasteiger partial charge in [-0.15, -0.1) is 11.8 Å². The average Bonchev–Trinajstić information content (AvgIpc) is 2.87. The van der Waals surface area contributed by atoms with Gasteiger partial charge in [-0.05, 0) is 26.3 Å². The number of allylic oxidation sites excluding steroid dienone is 5. The molecule has 0 bridgehead atoms. The summed E-state index contributed by atoms with van der Waals surface area (Å²) >= 11 is 1.63. The lowest BCUT2D eigenvalue weighted by atomic mass is 10.00. The molecule has 1 aromatic carbocycles. The van der Waals surface area contributed by atoms with Crippen LogP contribution in [0.1, 0.15) is 36.8 Å². The molecule has 0 saturated carbocycles. The van der Waals surface area contributed by atoms with Crippen molar-refractivity contribution < 1.29 is 9.18 Å². The second-order valence-corrected chi connectivity index (χ2v) is 8.09. The zero-order chi connectivity index (χ0) is 19.7. The van der Waals surface area contributed by atoms with Gasteiger partial charge in [0, 0.05) is 40.0 Å². The molecule has 1 unspecified atom stereocenters. The molecule has 1 aromatic heterocycles. The number of nitrogens with zero attached hydrogens (tertiary/aromatic N) is 2. The number of hydrogen-bond donors (Lipinski definition) is 0. The van der Waals surface area contributed by atoms with Gasteiger partial charge in [-0.1, -0.05) is 42.5 Å². The Labute approximate surface area is 169 Å². The predicted octanol–water partition coefficient (Wildman–Crippen LogP) is 5.49. The minimum absolute atomic E-state index is 0.132. The fourth-order valence-corrected chi connectivity index (χ4v) is 5.50. The third kappa shape index (κ3) is 3.02. The molecule has 5 heteroatoms. The van der Waals surface area contributed by atoms with E-state index in [1.165, 1.54) is 0 Å². The van der Waals surface area contributed by atoms with Crippen LogP contribution in [0.4, 0.5) is 4.39 Å². The highest BCUT2D eigenvalue weighted by molar-refractivity contribution is 8.04. The van der Waals surface area contributed by atoms with Crippen molar-refractivity contribution in [2.75, 3.05) is 19.8 Å². The Balaban J connectivity index is 2.02. The number of para-hydroxylation sites is 1. The van der Waals surface area contributed by atoms with E-state index in [9.17, 15) is 9.18 Å². The van der Waals surface area contributed by atoms with Gasteiger partial charge in [-0.2, -0.15) is 0 Å².